The van der Waals surface area contributed by atoms with Crippen LogP contribution >= 0.6 is 0 Å². The number of benzene rings is 1. The van der Waals surface area contributed by atoms with E-state index in [9.17, 15) is 4.79 Å². The molecule has 3 aromatic rings. The van der Waals surface area contributed by atoms with Crippen molar-refractivity contribution >= 4 is 16.9 Å². The Bertz CT molecular complexity index is 801. The topological polar surface area (TPSA) is 77.5 Å². The van der Waals surface area contributed by atoms with Crippen LogP contribution in [0.3, 0.4) is 0 Å². The van der Waals surface area contributed by atoms with Gasteiger partial charge in [0.2, 0.25) is 5.76 Å². The van der Waals surface area contributed by atoms with Gasteiger partial charge in [0.15, 0.2) is 0 Å². The molecule has 1 aromatic carbocycles. The Morgan fingerprint density at radius 2 is 2.20 bits per heavy atom. The number of aromatic nitrogens is 2. The number of carbonyl (C=O) groups is 1. The maximum absolute atomic E-state index is 10.8. The highest BCUT2D eigenvalue weighted by atomic mass is 16.5. The quantitative estimate of drug-likeness (QED) is 0.792. The molecular formula is C14H12N2O4. The standard InChI is InChI=1S/C14H12N2O4/c1-16-4-3-9-11(16)5-8(6-12(9)19-2)10-7-13(14(17)18)20-15-10/h3-7H,1-2H3,(H,17,18). The van der Waals surface area contributed by atoms with E-state index in [4.69, 9.17) is 14.4 Å². The van der Waals surface area contributed by atoms with Crippen molar-refractivity contribution in [2.45, 2.75) is 0 Å². The monoisotopic (exact) mass is 272 g/mol. The van der Waals surface area contributed by atoms with E-state index >= 15 is 0 Å². The Balaban J connectivity index is 2.19. The summed E-state index contributed by atoms with van der Waals surface area (Å²) in [6, 6.07) is 7.09. The van der Waals surface area contributed by atoms with Crippen LogP contribution in [0.5, 0.6) is 5.75 Å². The molecule has 0 atom stereocenters. The van der Waals surface area contributed by atoms with Crippen LogP contribution in [-0.2, 0) is 7.05 Å². The highest BCUT2D eigenvalue weighted by Gasteiger charge is 2.15. The van der Waals surface area contributed by atoms with Crippen molar-refractivity contribution < 1.29 is 19.2 Å². The minimum atomic E-state index is -1.14. The summed E-state index contributed by atoms with van der Waals surface area (Å²) in [5.74, 6) is -0.625. The van der Waals surface area contributed by atoms with Crippen molar-refractivity contribution in [1.82, 2.24) is 9.72 Å². The molecule has 20 heavy (non-hydrogen) atoms. The number of hydrogen-bond donors (Lipinski definition) is 1. The molecule has 0 fully saturated rings. The van der Waals surface area contributed by atoms with E-state index < -0.39 is 5.97 Å². The van der Waals surface area contributed by atoms with Crippen LogP contribution in [-0.4, -0.2) is 27.9 Å². The number of methoxy groups -OCH3 is 1. The largest absolute Gasteiger partial charge is 0.496 e. The van der Waals surface area contributed by atoms with Gasteiger partial charge in [-0.15, -0.1) is 0 Å². The van der Waals surface area contributed by atoms with E-state index in [0.29, 0.717) is 11.4 Å². The van der Waals surface area contributed by atoms with Crippen LogP contribution in [0.2, 0.25) is 0 Å². The second kappa shape index (κ2) is 4.41. The summed E-state index contributed by atoms with van der Waals surface area (Å²) in [5.41, 5.74) is 2.18. The third kappa shape index (κ3) is 1.82. The first-order valence-electron chi connectivity index (χ1n) is 5.93. The number of aromatic carboxylic acids is 1. The number of nitrogens with zero attached hydrogens (tertiary/aromatic N) is 2. The summed E-state index contributed by atoms with van der Waals surface area (Å²) in [6.45, 7) is 0. The normalized spacial score (nSPS) is 10.9. The van der Waals surface area contributed by atoms with Crippen LogP contribution in [0.15, 0.2) is 35.0 Å². The summed E-state index contributed by atoms with van der Waals surface area (Å²) in [4.78, 5) is 10.8. The number of carboxylic acids is 1. The predicted molar refractivity (Wildman–Crippen MR) is 71.9 cm³/mol. The van der Waals surface area contributed by atoms with Crippen molar-refractivity contribution in [3.8, 4) is 17.0 Å². The molecule has 102 valence electrons. The van der Waals surface area contributed by atoms with E-state index in [2.05, 4.69) is 5.16 Å². The van der Waals surface area contributed by atoms with Gasteiger partial charge in [0.25, 0.3) is 0 Å². The summed E-state index contributed by atoms with van der Waals surface area (Å²) in [6.07, 6.45) is 1.93. The Hall–Kier alpha value is -2.76. The fourth-order valence-electron chi connectivity index (χ4n) is 2.17. The van der Waals surface area contributed by atoms with Gasteiger partial charge in [-0.25, -0.2) is 4.79 Å². The zero-order chi connectivity index (χ0) is 14.3. The molecule has 0 bridgehead atoms. The van der Waals surface area contributed by atoms with Crippen molar-refractivity contribution in [2.24, 2.45) is 7.05 Å². The molecular weight excluding hydrogens is 260 g/mol. The molecule has 0 saturated carbocycles. The average molecular weight is 272 g/mol. The summed E-state index contributed by atoms with van der Waals surface area (Å²) in [7, 11) is 3.52. The number of rotatable bonds is 3. The second-order valence-corrected chi connectivity index (χ2v) is 4.42. The summed E-state index contributed by atoms with van der Waals surface area (Å²) < 4.78 is 12.1. The molecule has 0 radical (unpaired) electrons. The molecule has 0 amide bonds. The third-order valence-corrected chi connectivity index (χ3v) is 3.20. The van der Waals surface area contributed by atoms with E-state index in [1.807, 2.05) is 36.0 Å². The van der Waals surface area contributed by atoms with Crippen LogP contribution in [0.4, 0.5) is 0 Å². The minimum absolute atomic E-state index is 0.189. The van der Waals surface area contributed by atoms with Gasteiger partial charge in [0.1, 0.15) is 11.4 Å². The molecule has 1 N–H and O–H groups in total. The first-order chi connectivity index (χ1) is 9.60. The van der Waals surface area contributed by atoms with Crippen molar-refractivity contribution in [3.63, 3.8) is 0 Å². The zero-order valence-corrected chi connectivity index (χ0v) is 11.0. The first kappa shape index (κ1) is 12.3. The number of ether oxygens (including phenoxy) is 1. The molecule has 6 nitrogen and oxygen atoms in total. The van der Waals surface area contributed by atoms with E-state index in [1.54, 1.807) is 7.11 Å². The van der Waals surface area contributed by atoms with Gasteiger partial charge in [0, 0.05) is 30.3 Å². The van der Waals surface area contributed by atoms with Crippen molar-refractivity contribution in [3.05, 3.63) is 36.2 Å². The lowest BCUT2D eigenvalue weighted by Gasteiger charge is -2.06. The number of carboxylic acid groups (broad SMARTS) is 1. The molecule has 0 aliphatic heterocycles. The lowest BCUT2D eigenvalue weighted by molar-refractivity contribution is 0.0652. The molecule has 0 spiro atoms. The van der Waals surface area contributed by atoms with Crippen LogP contribution in [0.1, 0.15) is 10.6 Å². The van der Waals surface area contributed by atoms with Gasteiger partial charge in [0.05, 0.1) is 12.6 Å². The van der Waals surface area contributed by atoms with Gasteiger partial charge >= 0.3 is 5.97 Å². The van der Waals surface area contributed by atoms with Crippen LogP contribution < -0.4 is 4.74 Å². The Morgan fingerprint density at radius 1 is 1.40 bits per heavy atom. The Morgan fingerprint density at radius 3 is 2.85 bits per heavy atom. The molecule has 2 heterocycles. The zero-order valence-electron chi connectivity index (χ0n) is 11.0. The predicted octanol–water partition coefficient (Wildman–Crippen LogP) is 2.54. The molecule has 0 aliphatic rings. The fraction of sp³-hybridized carbons (Fsp3) is 0.143. The smallest absolute Gasteiger partial charge is 0.374 e. The lowest BCUT2D eigenvalue weighted by atomic mass is 10.1. The van der Waals surface area contributed by atoms with Gasteiger partial charge in [-0.3, -0.25) is 0 Å². The van der Waals surface area contributed by atoms with E-state index in [0.717, 1.165) is 16.5 Å². The average Bonchev–Trinajstić information content (AvgIpc) is 3.05. The fourth-order valence-corrected chi connectivity index (χ4v) is 2.17. The Labute approximate surface area is 114 Å². The lowest BCUT2D eigenvalue weighted by Crippen LogP contribution is -1.92. The SMILES string of the molecule is COc1cc(-c2cc(C(=O)O)on2)cc2c1ccn2C. The third-order valence-electron chi connectivity index (χ3n) is 3.20. The molecule has 0 saturated heterocycles. The highest BCUT2D eigenvalue weighted by molar-refractivity contribution is 5.91. The van der Waals surface area contributed by atoms with Crippen molar-refractivity contribution in [1.29, 1.82) is 0 Å². The Kier molecular flexibility index (Phi) is 2.71. The van der Waals surface area contributed by atoms with Crippen LogP contribution in [0, 0.1) is 0 Å². The van der Waals surface area contributed by atoms with Crippen molar-refractivity contribution in [2.75, 3.05) is 7.11 Å². The molecule has 0 aliphatic carbocycles. The summed E-state index contributed by atoms with van der Waals surface area (Å²) in [5, 5.41) is 13.6. The molecule has 0 unspecified atom stereocenters. The molecule has 3 rings (SSSR count). The highest BCUT2D eigenvalue weighted by Crippen LogP contribution is 2.32. The second-order valence-electron chi connectivity index (χ2n) is 4.42. The maximum atomic E-state index is 10.8. The molecule has 2 aromatic heterocycles. The minimum Gasteiger partial charge on any atom is -0.496 e. The van der Waals surface area contributed by atoms with Gasteiger partial charge in [-0.1, -0.05) is 5.16 Å². The van der Waals surface area contributed by atoms with Crippen LogP contribution in [0.25, 0.3) is 22.2 Å². The summed E-state index contributed by atoms with van der Waals surface area (Å²) >= 11 is 0. The number of hydrogen-bond acceptors (Lipinski definition) is 4. The van der Waals surface area contributed by atoms with E-state index in [-0.39, 0.29) is 5.76 Å². The molecule has 6 heteroatoms. The number of fused-ring (bicyclic) bond motifs is 1. The first-order valence-corrected chi connectivity index (χ1v) is 5.93. The number of aryl methyl sites for hydroxylation is 1. The van der Waals surface area contributed by atoms with Gasteiger partial charge < -0.3 is 18.9 Å². The van der Waals surface area contributed by atoms with Gasteiger partial charge in [-0.05, 0) is 18.2 Å². The van der Waals surface area contributed by atoms with Gasteiger partial charge in [-0.2, -0.15) is 0 Å². The van der Waals surface area contributed by atoms with E-state index in [1.165, 1.54) is 6.07 Å². The maximum Gasteiger partial charge on any atom is 0.374 e.